The van der Waals surface area contributed by atoms with Crippen molar-refractivity contribution in [2.75, 3.05) is 12.5 Å². The van der Waals surface area contributed by atoms with Gasteiger partial charge in [0.05, 0.1) is 24.3 Å². The molecule has 20 heavy (non-hydrogen) atoms. The maximum absolute atomic E-state index is 12.6. The maximum atomic E-state index is 12.6. The molecule has 2 bridgehead atoms. The number of carbonyl (C=O) groups is 2. The van der Waals surface area contributed by atoms with Gasteiger partial charge in [-0.25, -0.2) is 0 Å². The molecule has 0 spiro atoms. The highest BCUT2D eigenvalue weighted by molar-refractivity contribution is 6.21. The summed E-state index contributed by atoms with van der Waals surface area (Å²) in [6.45, 7) is 2.07. The van der Waals surface area contributed by atoms with Crippen LogP contribution < -0.4 is 0 Å². The minimum absolute atomic E-state index is 0.0979. The molecular weight excluding hydrogens is 280 g/mol. The Morgan fingerprint density at radius 3 is 2.80 bits per heavy atom. The third-order valence-corrected chi connectivity index (χ3v) is 5.48. The van der Waals surface area contributed by atoms with Crippen molar-refractivity contribution < 1.29 is 19.4 Å². The lowest BCUT2D eigenvalue weighted by molar-refractivity contribution is -0.166. The Labute approximate surface area is 123 Å². The molecule has 0 aromatic rings. The van der Waals surface area contributed by atoms with Gasteiger partial charge in [0.2, 0.25) is 0 Å². The molecule has 4 rings (SSSR count). The average molecular weight is 299 g/mol. The van der Waals surface area contributed by atoms with E-state index in [2.05, 4.69) is 0 Å². The van der Waals surface area contributed by atoms with E-state index >= 15 is 0 Å². The van der Waals surface area contributed by atoms with Gasteiger partial charge in [0.25, 0.3) is 0 Å². The first kappa shape index (κ1) is 14.1. The molecule has 110 valence electrons. The van der Waals surface area contributed by atoms with Crippen molar-refractivity contribution in [3.05, 3.63) is 11.1 Å². The summed E-state index contributed by atoms with van der Waals surface area (Å²) in [5.41, 5.74) is 0.774. The highest BCUT2D eigenvalue weighted by atomic mass is 35.5. The number of aliphatic hydroxyl groups is 1. The second-order valence-electron chi connectivity index (χ2n) is 5.95. The number of allylic oxidation sites excluding steroid dienone is 1. The van der Waals surface area contributed by atoms with Crippen molar-refractivity contribution in [3.63, 3.8) is 0 Å². The van der Waals surface area contributed by atoms with E-state index in [4.69, 9.17) is 16.3 Å². The number of Topliss-reactive ketones (excluding diaryl/α,β-unsaturated/α-hetero) is 1. The molecular formula is C15H19ClO4. The van der Waals surface area contributed by atoms with Crippen molar-refractivity contribution in [1.29, 1.82) is 0 Å². The van der Waals surface area contributed by atoms with Crippen LogP contribution in [0.15, 0.2) is 11.1 Å². The van der Waals surface area contributed by atoms with E-state index in [0.717, 1.165) is 24.8 Å². The highest BCUT2D eigenvalue weighted by Gasteiger charge is 2.61. The molecule has 5 heteroatoms. The Bertz CT molecular complexity index is 498. The summed E-state index contributed by atoms with van der Waals surface area (Å²) in [7, 11) is 0. The van der Waals surface area contributed by atoms with Gasteiger partial charge in [-0.05, 0) is 32.6 Å². The van der Waals surface area contributed by atoms with E-state index in [9.17, 15) is 14.7 Å². The van der Waals surface area contributed by atoms with Crippen molar-refractivity contribution in [2.24, 2.45) is 17.8 Å². The van der Waals surface area contributed by atoms with Crippen LogP contribution in [0.2, 0.25) is 0 Å². The predicted molar refractivity (Wildman–Crippen MR) is 73.3 cm³/mol. The van der Waals surface area contributed by atoms with Crippen molar-refractivity contribution in [2.45, 2.75) is 38.2 Å². The molecule has 0 aromatic heterocycles. The third kappa shape index (κ3) is 1.70. The van der Waals surface area contributed by atoms with Crippen LogP contribution in [-0.2, 0) is 14.3 Å². The first-order chi connectivity index (χ1) is 9.54. The third-order valence-electron chi connectivity index (χ3n) is 5.07. The minimum atomic E-state index is -1.49. The molecule has 0 heterocycles. The van der Waals surface area contributed by atoms with E-state index < -0.39 is 17.4 Å². The number of rotatable bonds is 3. The van der Waals surface area contributed by atoms with E-state index in [1.807, 2.05) is 0 Å². The summed E-state index contributed by atoms with van der Waals surface area (Å²) >= 11 is 5.88. The lowest BCUT2D eigenvalue weighted by Gasteiger charge is -2.50. The first-order valence-electron chi connectivity index (χ1n) is 7.25. The molecule has 1 fully saturated rings. The summed E-state index contributed by atoms with van der Waals surface area (Å²) in [5, 5.41) is 10.6. The molecule has 0 saturated heterocycles. The van der Waals surface area contributed by atoms with Crippen LogP contribution in [0, 0.1) is 17.8 Å². The second-order valence-corrected chi connectivity index (χ2v) is 6.22. The average Bonchev–Trinajstić information content (AvgIpc) is 2.93. The zero-order valence-electron chi connectivity index (χ0n) is 11.5. The molecule has 4 aliphatic rings. The van der Waals surface area contributed by atoms with E-state index in [-0.39, 0.29) is 23.6 Å². The van der Waals surface area contributed by atoms with Gasteiger partial charge in [-0.3, -0.25) is 9.59 Å². The van der Waals surface area contributed by atoms with E-state index in [1.165, 1.54) is 5.57 Å². The van der Waals surface area contributed by atoms with Crippen LogP contribution in [0.5, 0.6) is 0 Å². The molecule has 4 nitrogen and oxygen atoms in total. The molecule has 0 amide bonds. The number of halogens is 1. The number of esters is 1. The zero-order chi connectivity index (χ0) is 14.5. The quantitative estimate of drug-likeness (QED) is 0.490. The van der Waals surface area contributed by atoms with Crippen LogP contribution in [0.1, 0.15) is 32.6 Å². The van der Waals surface area contributed by atoms with Gasteiger partial charge in [0.15, 0.2) is 5.78 Å². The van der Waals surface area contributed by atoms with Crippen molar-refractivity contribution >= 4 is 23.4 Å². The summed E-state index contributed by atoms with van der Waals surface area (Å²) in [6.07, 6.45) is 3.26. The Hall–Kier alpha value is -0.870. The van der Waals surface area contributed by atoms with Crippen LogP contribution in [0.3, 0.4) is 0 Å². The molecule has 1 saturated carbocycles. The van der Waals surface area contributed by atoms with Gasteiger partial charge in [-0.15, -0.1) is 11.6 Å². The summed E-state index contributed by atoms with van der Waals surface area (Å²) in [6, 6.07) is 0. The lowest BCUT2D eigenvalue weighted by atomic mass is 9.55. The Morgan fingerprint density at radius 2 is 2.15 bits per heavy atom. The van der Waals surface area contributed by atoms with Gasteiger partial charge in [-0.2, -0.15) is 0 Å². The number of alkyl halides is 1. The molecule has 4 aliphatic carbocycles. The minimum Gasteiger partial charge on any atom is -0.466 e. The SMILES string of the molecule is CCOC(=O)[C@H]1C[C@H]2C3=C(CCC3)[C@@H]1C(=O)[C@]2(O)CCl. The summed E-state index contributed by atoms with van der Waals surface area (Å²) in [4.78, 5) is 24.7. The molecule has 4 atom stereocenters. The van der Waals surface area contributed by atoms with Crippen molar-refractivity contribution in [3.8, 4) is 0 Å². The normalized spacial score (nSPS) is 39.1. The van der Waals surface area contributed by atoms with Crippen LogP contribution in [0.25, 0.3) is 0 Å². The fourth-order valence-corrected chi connectivity index (χ4v) is 4.54. The summed E-state index contributed by atoms with van der Waals surface area (Å²) in [5.74, 6) is -1.94. The fraction of sp³-hybridized carbons (Fsp3) is 0.733. The lowest BCUT2D eigenvalue weighted by Crippen LogP contribution is -2.61. The number of hydrogen-bond donors (Lipinski definition) is 1. The predicted octanol–water partition coefficient (Wildman–Crippen LogP) is 1.83. The number of carbonyl (C=O) groups excluding carboxylic acids is 2. The number of fused-ring (bicyclic) bond motifs is 2. The van der Waals surface area contributed by atoms with E-state index in [1.54, 1.807) is 6.92 Å². The van der Waals surface area contributed by atoms with Crippen LogP contribution in [0.4, 0.5) is 0 Å². The molecule has 0 unspecified atom stereocenters. The van der Waals surface area contributed by atoms with Crippen LogP contribution in [-0.4, -0.2) is 34.9 Å². The van der Waals surface area contributed by atoms with E-state index in [0.29, 0.717) is 13.0 Å². The van der Waals surface area contributed by atoms with Gasteiger partial charge >= 0.3 is 5.97 Å². The molecule has 1 N–H and O–H groups in total. The highest BCUT2D eigenvalue weighted by Crippen LogP contribution is 2.56. The zero-order valence-corrected chi connectivity index (χ0v) is 12.3. The monoisotopic (exact) mass is 298 g/mol. The molecule has 0 radical (unpaired) electrons. The molecule has 0 aromatic carbocycles. The smallest absolute Gasteiger partial charge is 0.310 e. The van der Waals surface area contributed by atoms with Crippen molar-refractivity contribution in [1.82, 2.24) is 0 Å². The maximum Gasteiger partial charge on any atom is 0.310 e. The second kappa shape index (κ2) is 4.85. The topological polar surface area (TPSA) is 63.6 Å². The van der Waals surface area contributed by atoms with Gasteiger partial charge < -0.3 is 9.84 Å². The Balaban J connectivity index is 2.02. The van der Waals surface area contributed by atoms with Gasteiger partial charge in [0, 0.05) is 5.92 Å². The van der Waals surface area contributed by atoms with Gasteiger partial charge in [-0.1, -0.05) is 11.1 Å². The molecule has 0 aliphatic heterocycles. The standard InChI is InChI=1S/C15H19ClO4/c1-2-20-14(18)10-6-11-8-4-3-5-9(8)12(10)13(17)15(11,19)7-16/h10-12,19H,2-7H2,1H3/t10-,11-,12-,15-/m0/s1. The number of ether oxygens (including phenoxy) is 1. The first-order valence-corrected chi connectivity index (χ1v) is 7.79. The summed E-state index contributed by atoms with van der Waals surface area (Å²) < 4.78 is 5.10. The fourth-order valence-electron chi connectivity index (χ4n) is 4.22. The number of hydrogen-bond acceptors (Lipinski definition) is 4. The Kier molecular flexibility index (Phi) is 3.41. The van der Waals surface area contributed by atoms with Crippen LogP contribution >= 0.6 is 11.6 Å². The largest absolute Gasteiger partial charge is 0.466 e. The Morgan fingerprint density at radius 1 is 1.45 bits per heavy atom. The van der Waals surface area contributed by atoms with Gasteiger partial charge in [0.1, 0.15) is 5.60 Å². The number of ketones is 1.